The highest BCUT2D eigenvalue weighted by Gasteiger charge is 2.15. The topological polar surface area (TPSA) is 38.3 Å². The van der Waals surface area contributed by atoms with Gasteiger partial charge in [-0.05, 0) is 37.0 Å². The first-order valence-electron chi connectivity index (χ1n) is 6.89. The molecule has 1 fully saturated rings. The third kappa shape index (κ3) is 5.11. The van der Waals surface area contributed by atoms with Crippen molar-refractivity contribution in [3.63, 3.8) is 0 Å². The summed E-state index contributed by atoms with van der Waals surface area (Å²) in [7, 11) is 0. The van der Waals surface area contributed by atoms with Crippen LogP contribution in [-0.2, 0) is 9.53 Å². The summed E-state index contributed by atoms with van der Waals surface area (Å²) in [6.45, 7) is 0.753. The highest BCUT2D eigenvalue weighted by molar-refractivity contribution is 6.30. The number of halogens is 1. The monoisotopic (exact) mass is 281 g/mol. The van der Waals surface area contributed by atoms with Gasteiger partial charge in [0, 0.05) is 10.7 Å². The number of esters is 1. The van der Waals surface area contributed by atoms with Gasteiger partial charge in [-0.15, -0.1) is 0 Å². The van der Waals surface area contributed by atoms with Crippen LogP contribution in [0, 0.1) is 5.92 Å². The summed E-state index contributed by atoms with van der Waals surface area (Å²) in [6, 6.07) is 7.31. The van der Waals surface area contributed by atoms with E-state index >= 15 is 0 Å². The zero-order chi connectivity index (χ0) is 13.5. The number of nitrogens with one attached hydrogen (secondary N) is 1. The van der Waals surface area contributed by atoms with Gasteiger partial charge in [-0.25, -0.2) is 0 Å². The largest absolute Gasteiger partial charge is 0.464 e. The van der Waals surface area contributed by atoms with Gasteiger partial charge in [0.15, 0.2) is 0 Å². The first-order chi connectivity index (χ1) is 9.24. The SMILES string of the molecule is O=C(CNc1cccc(Cl)c1)OCC1CCCCC1. The van der Waals surface area contributed by atoms with Gasteiger partial charge in [-0.3, -0.25) is 4.79 Å². The minimum atomic E-state index is -0.203. The molecule has 1 aliphatic carbocycles. The molecule has 0 radical (unpaired) electrons. The van der Waals surface area contributed by atoms with Gasteiger partial charge < -0.3 is 10.1 Å². The predicted octanol–water partition coefficient (Wildman–Crippen LogP) is 3.88. The van der Waals surface area contributed by atoms with Crippen LogP contribution in [-0.4, -0.2) is 19.1 Å². The Labute approximate surface area is 119 Å². The minimum absolute atomic E-state index is 0.188. The highest BCUT2D eigenvalue weighted by Crippen LogP contribution is 2.23. The van der Waals surface area contributed by atoms with Crippen molar-refractivity contribution in [3.05, 3.63) is 29.3 Å². The quantitative estimate of drug-likeness (QED) is 0.833. The number of ether oxygens (including phenoxy) is 1. The lowest BCUT2D eigenvalue weighted by molar-refractivity contribution is -0.143. The lowest BCUT2D eigenvalue weighted by Crippen LogP contribution is -2.21. The van der Waals surface area contributed by atoms with Crippen LogP contribution in [0.1, 0.15) is 32.1 Å². The van der Waals surface area contributed by atoms with Crippen LogP contribution in [0.3, 0.4) is 0 Å². The molecule has 3 nitrogen and oxygen atoms in total. The summed E-state index contributed by atoms with van der Waals surface area (Å²) in [6.07, 6.45) is 6.23. The van der Waals surface area contributed by atoms with E-state index in [1.54, 1.807) is 12.1 Å². The van der Waals surface area contributed by atoms with E-state index in [1.807, 2.05) is 12.1 Å². The number of benzene rings is 1. The molecule has 2 rings (SSSR count). The summed E-state index contributed by atoms with van der Waals surface area (Å²) < 4.78 is 5.30. The molecule has 4 heteroatoms. The Morgan fingerprint density at radius 2 is 2.11 bits per heavy atom. The highest BCUT2D eigenvalue weighted by atomic mass is 35.5. The second kappa shape index (κ2) is 7.39. The first kappa shape index (κ1) is 14.2. The number of hydrogen-bond donors (Lipinski definition) is 1. The summed E-state index contributed by atoms with van der Waals surface area (Å²) >= 11 is 5.87. The molecule has 104 valence electrons. The van der Waals surface area contributed by atoms with Crippen molar-refractivity contribution in [2.24, 2.45) is 5.92 Å². The summed E-state index contributed by atoms with van der Waals surface area (Å²) in [5, 5.41) is 3.67. The molecule has 1 N–H and O–H groups in total. The van der Waals surface area contributed by atoms with Gasteiger partial charge >= 0.3 is 5.97 Å². The van der Waals surface area contributed by atoms with Gasteiger partial charge in [0.25, 0.3) is 0 Å². The summed E-state index contributed by atoms with van der Waals surface area (Å²) in [5.74, 6) is 0.356. The van der Waals surface area contributed by atoms with Crippen LogP contribution >= 0.6 is 11.6 Å². The smallest absolute Gasteiger partial charge is 0.325 e. The molecule has 1 aromatic carbocycles. The van der Waals surface area contributed by atoms with Crippen molar-refractivity contribution in [2.45, 2.75) is 32.1 Å². The van der Waals surface area contributed by atoms with Crippen LogP contribution < -0.4 is 5.32 Å². The fourth-order valence-corrected chi connectivity index (χ4v) is 2.58. The lowest BCUT2D eigenvalue weighted by Gasteiger charge is -2.21. The number of carbonyl (C=O) groups excluding carboxylic acids is 1. The van der Waals surface area contributed by atoms with Crippen LogP contribution in [0.25, 0.3) is 0 Å². The molecule has 1 saturated carbocycles. The molecule has 0 amide bonds. The van der Waals surface area contributed by atoms with E-state index in [9.17, 15) is 4.79 Å². The molecule has 1 aromatic rings. The molecule has 1 aliphatic rings. The molecule has 0 saturated heterocycles. The fourth-order valence-electron chi connectivity index (χ4n) is 2.39. The Morgan fingerprint density at radius 1 is 1.32 bits per heavy atom. The number of hydrogen-bond acceptors (Lipinski definition) is 3. The van der Waals surface area contributed by atoms with Gasteiger partial charge in [0.05, 0.1) is 6.61 Å². The van der Waals surface area contributed by atoms with Gasteiger partial charge in [0.1, 0.15) is 6.54 Å². The van der Waals surface area contributed by atoms with E-state index in [2.05, 4.69) is 5.32 Å². The van der Waals surface area contributed by atoms with E-state index in [0.717, 1.165) is 5.69 Å². The van der Waals surface area contributed by atoms with Crippen molar-refractivity contribution >= 4 is 23.3 Å². The Hall–Kier alpha value is -1.22. The Morgan fingerprint density at radius 3 is 2.84 bits per heavy atom. The second-order valence-corrected chi connectivity index (χ2v) is 5.49. The van der Waals surface area contributed by atoms with Crippen LogP contribution in [0.2, 0.25) is 5.02 Å². The molecule has 0 spiro atoms. The average Bonchev–Trinajstić information content (AvgIpc) is 2.44. The molecule has 0 unspecified atom stereocenters. The molecule has 0 atom stereocenters. The van der Waals surface area contributed by atoms with Crippen molar-refractivity contribution in [3.8, 4) is 0 Å². The molecule has 0 bridgehead atoms. The maximum absolute atomic E-state index is 11.6. The van der Waals surface area contributed by atoms with Crippen LogP contribution in [0.4, 0.5) is 5.69 Å². The summed E-state index contributed by atoms with van der Waals surface area (Å²) in [4.78, 5) is 11.6. The fraction of sp³-hybridized carbons (Fsp3) is 0.533. The maximum Gasteiger partial charge on any atom is 0.325 e. The van der Waals surface area contributed by atoms with E-state index in [-0.39, 0.29) is 12.5 Å². The normalized spacial score (nSPS) is 16.1. The van der Waals surface area contributed by atoms with Gasteiger partial charge in [-0.2, -0.15) is 0 Å². The van der Waals surface area contributed by atoms with Crippen molar-refractivity contribution in [1.82, 2.24) is 0 Å². The Kier molecular flexibility index (Phi) is 5.52. The van der Waals surface area contributed by atoms with Crippen LogP contribution in [0.15, 0.2) is 24.3 Å². The van der Waals surface area contributed by atoms with E-state index in [0.29, 0.717) is 17.5 Å². The number of anilines is 1. The molecule has 19 heavy (non-hydrogen) atoms. The Bertz CT molecular complexity index is 416. The zero-order valence-corrected chi connectivity index (χ0v) is 11.8. The molecular formula is C15H20ClNO2. The molecule has 0 aliphatic heterocycles. The van der Waals surface area contributed by atoms with Gasteiger partial charge in [0.2, 0.25) is 0 Å². The van der Waals surface area contributed by atoms with Crippen LogP contribution in [0.5, 0.6) is 0 Å². The minimum Gasteiger partial charge on any atom is -0.464 e. The summed E-state index contributed by atoms with van der Waals surface area (Å²) in [5.41, 5.74) is 0.835. The van der Waals surface area contributed by atoms with E-state index in [1.165, 1.54) is 32.1 Å². The molecule has 0 aromatic heterocycles. The second-order valence-electron chi connectivity index (χ2n) is 5.05. The van der Waals surface area contributed by atoms with Crippen molar-refractivity contribution in [2.75, 3.05) is 18.5 Å². The first-order valence-corrected chi connectivity index (χ1v) is 7.27. The van der Waals surface area contributed by atoms with Gasteiger partial charge in [-0.1, -0.05) is 36.9 Å². The average molecular weight is 282 g/mol. The van der Waals surface area contributed by atoms with Crippen molar-refractivity contribution < 1.29 is 9.53 Å². The molecule has 0 heterocycles. The Balaban J connectivity index is 1.66. The third-order valence-corrected chi connectivity index (χ3v) is 3.70. The number of rotatable bonds is 5. The maximum atomic E-state index is 11.6. The van der Waals surface area contributed by atoms with E-state index in [4.69, 9.17) is 16.3 Å². The standard InChI is InChI=1S/C15H20ClNO2/c16-13-7-4-8-14(9-13)17-10-15(18)19-11-12-5-2-1-3-6-12/h4,7-9,12,17H,1-3,5-6,10-11H2. The lowest BCUT2D eigenvalue weighted by atomic mass is 9.90. The third-order valence-electron chi connectivity index (χ3n) is 3.47. The predicted molar refractivity (Wildman–Crippen MR) is 77.5 cm³/mol. The number of carbonyl (C=O) groups is 1. The van der Waals surface area contributed by atoms with Crippen molar-refractivity contribution in [1.29, 1.82) is 0 Å². The zero-order valence-electron chi connectivity index (χ0n) is 11.0. The molecular weight excluding hydrogens is 262 g/mol. The van der Waals surface area contributed by atoms with E-state index < -0.39 is 0 Å².